The van der Waals surface area contributed by atoms with Crippen molar-refractivity contribution >= 4 is 15.6 Å². The Balaban J connectivity index is 1.62. The minimum atomic E-state index is -5.94. The van der Waals surface area contributed by atoms with E-state index in [-0.39, 0.29) is 0 Å². The molecule has 2 unspecified atom stereocenters. The summed E-state index contributed by atoms with van der Waals surface area (Å²) in [6, 6.07) is -0.644. The van der Waals surface area contributed by atoms with Crippen LogP contribution in [0.2, 0.25) is 0 Å². The molecular weight excluding hydrogens is 568 g/mol. The maximum Gasteiger partial charge on any atom is 0.330 e. The van der Waals surface area contributed by atoms with Gasteiger partial charge in [0.25, 0.3) is 21.2 Å². The number of H-pyrrole nitrogens is 1. The average molecular weight is 589 g/mol. The molecule has 3 rings (SSSR count). The molecule has 1 aromatic rings. The third kappa shape index (κ3) is 6.93. The van der Waals surface area contributed by atoms with Crippen molar-refractivity contribution in [1.29, 1.82) is 0 Å². The molecular formula is C15H21N5O16P2-2. The van der Waals surface area contributed by atoms with E-state index < -0.39 is 95.3 Å². The van der Waals surface area contributed by atoms with Gasteiger partial charge in [-0.05, 0) is 5.53 Å². The largest absolute Gasteiger partial charge is 0.756 e. The number of phosphoric ester groups is 2. The van der Waals surface area contributed by atoms with Crippen molar-refractivity contribution in [2.75, 3.05) is 13.2 Å². The fraction of sp³-hybridized carbons (Fsp3) is 0.733. The number of nitrogens with zero attached hydrogens (tertiary/aromatic N) is 4. The number of aromatic amines is 1. The lowest BCUT2D eigenvalue weighted by molar-refractivity contribution is -0.289. The number of ether oxygens (including phenoxy) is 2. The normalized spacial score (nSPS) is 36.7. The van der Waals surface area contributed by atoms with E-state index in [9.17, 15) is 54.0 Å². The summed E-state index contributed by atoms with van der Waals surface area (Å²) < 4.78 is 47.5. The zero-order valence-corrected chi connectivity index (χ0v) is 20.5. The van der Waals surface area contributed by atoms with Crippen LogP contribution in [0.25, 0.3) is 10.4 Å². The van der Waals surface area contributed by atoms with Crippen LogP contribution in [-0.4, -0.2) is 97.3 Å². The summed E-state index contributed by atoms with van der Waals surface area (Å²) in [6.07, 6.45) is -14.0. The van der Waals surface area contributed by atoms with Gasteiger partial charge in [-0.1, -0.05) is 5.11 Å². The van der Waals surface area contributed by atoms with Crippen LogP contribution in [0.15, 0.2) is 27.0 Å². The molecule has 3 heterocycles. The third-order valence-electron chi connectivity index (χ3n) is 5.33. The van der Waals surface area contributed by atoms with E-state index in [0.29, 0.717) is 4.57 Å². The highest BCUT2D eigenvalue weighted by Gasteiger charge is 2.47. The van der Waals surface area contributed by atoms with Crippen molar-refractivity contribution < 1.29 is 67.3 Å². The molecule has 0 aliphatic carbocycles. The molecule has 2 fully saturated rings. The molecule has 21 nitrogen and oxygen atoms in total. The number of hydrogen-bond acceptors (Lipinski definition) is 17. The minimum Gasteiger partial charge on any atom is -0.756 e. The van der Waals surface area contributed by atoms with Crippen LogP contribution >= 0.6 is 15.6 Å². The molecule has 23 heteroatoms. The van der Waals surface area contributed by atoms with E-state index in [4.69, 9.17) is 15.0 Å². The van der Waals surface area contributed by atoms with Crippen molar-refractivity contribution in [3.63, 3.8) is 0 Å². The van der Waals surface area contributed by atoms with Crippen LogP contribution in [0.1, 0.15) is 6.23 Å². The molecule has 2 saturated heterocycles. The van der Waals surface area contributed by atoms with Gasteiger partial charge in [0, 0.05) is 17.2 Å². The second-order valence-electron chi connectivity index (χ2n) is 7.84. The fourth-order valence-corrected chi connectivity index (χ4v) is 5.62. The Bertz CT molecular complexity index is 1250. The number of aromatic nitrogens is 2. The van der Waals surface area contributed by atoms with Crippen molar-refractivity contribution in [1.82, 2.24) is 9.55 Å². The van der Waals surface area contributed by atoms with Crippen molar-refractivity contribution in [2.45, 2.75) is 55.2 Å². The summed E-state index contributed by atoms with van der Waals surface area (Å²) in [5.41, 5.74) is 6.72. The molecule has 0 amide bonds. The zero-order valence-electron chi connectivity index (χ0n) is 18.7. The Morgan fingerprint density at radius 2 is 1.76 bits per heavy atom. The standard InChI is InChI=1S/C15H23N5O16P2/c16-19-18-8-5(3-21)34-14(12(26)10(8)24)35-38(30,31)36-37(28,29)32-4-6-9(23)11(25)13(33-6)20-2-1-7(22)17-15(20)27/h1-2,5-6,8-14,21,23-26H,3-4H2,(H,28,29)(H,30,31)(H,17,22,27)/p-2/t5-,6-,8-,9-,10+,11-,12-,13-,14-/m1/s1. The van der Waals surface area contributed by atoms with Gasteiger partial charge in [0.05, 0.1) is 31.5 Å². The van der Waals surface area contributed by atoms with Crippen LogP contribution in [0.3, 0.4) is 0 Å². The topological polar surface area (TPSA) is 331 Å². The summed E-state index contributed by atoms with van der Waals surface area (Å²) in [5, 5.41) is 52.6. The predicted octanol–water partition coefficient (Wildman–Crippen LogP) is -4.74. The molecule has 0 bridgehead atoms. The lowest BCUT2D eigenvalue weighted by Gasteiger charge is -2.42. The van der Waals surface area contributed by atoms with Crippen LogP contribution in [0.5, 0.6) is 0 Å². The molecule has 0 saturated carbocycles. The van der Waals surface area contributed by atoms with Gasteiger partial charge in [0.2, 0.25) is 0 Å². The maximum atomic E-state index is 12.1. The lowest BCUT2D eigenvalue weighted by atomic mass is 9.97. The van der Waals surface area contributed by atoms with E-state index in [0.717, 1.165) is 12.3 Å². The molecule has 0 radical (unpaired) electrons. The molecule has 2 aliphatic rings. The summed E-state index contributed by atoms with van der Waals surface area (Å²) in [7, 11) is -11.8. The number of rotatable bonds is 10. The van der Waals surface area contributed by atoms with E-state index in [1.807, 2.05) is 4.98 Å². The predicted molar refractivity (Wildman–Crippen MR) is 111 cm³/mol. The molecule has 214 valence electrons. The van der Waals surface area contributed by atoms with Crippen LogP contribution in [0, 0.1) is 0 Å². The van der Waals surface area contributed by atoms with E-state index >= 15 is 0 Å². The summed E-state index contributed by atoms with van der Waals surface area (Å²) >= 11 is 0. The number of aliphatic hydroxyl groups is 5. The molecule has 0 spiro atoms. The van der Waals surface area contributed by atoms with Gasteiger partial charge >= 0.3 is 5.69 Å². The van der Waals surface area contributed by atoms with E-state index in [1.165, 1.54) is 0 Å². The fourth-order valence-electron chi connectivity index (χ4n) is 3.54. The maximum absolute atomic E-state index is 12.1. The Labute approximate surface area is 210 Å². The summed E-state index contributed by atoms with van der Waals surface area (Å²) in [4.78, 5) is 51.5. The Kier molecular flexibility index (Phi) is 9.64. The van der Waals surface area contributed by atoms with Crippen molar-refractivity contribution in [2.24, 2.45) is 5.11 Å². The Morgan fingerprint density at radius 1 is 1.08 bits per heavy atom. The van der Waals surface area contributed by atoms with E-state index in [1.54, 1.807) is 0 Å². The minimum absolute atomic E-state index is 0.693. The van der Waals surface area contributed by atoms with Crippen LogP contribution in [-0.2, 0) is 32.0 Å². The van der Waals surface area contributed by atoms with Gasteiger partial charge in [-0.25, -0.2) is 9.11 Å². The number of hydrogen-bond donors (Lipinski definition) is 6. The first kappa shape index (κ1) is 30.5. The van der Waals surface area contributed by atoms with Gasteiger partial charge in [-0.3, -0.25) is 28.0 Å². The molecule has 1 aromatic heterocycles. The van der Waals surface area contributed by atoms with Gasteiger partial charge in [-0.15, -0.1) is 0 Å². The second kappa shape index (κ2) is 12.0. The van der Waals surface area contributed by atoms with Crippen LogP contribution in [0.4, 0.5) is 0 Å². The Hall–Kier alpha value is -2.03. The zero-order chi connectivity index (χ0) is 28.4. The summed E-state index contributed by atoms with van der Waals surface area (Å²) in [6.45, 7) is -2.06. The highest BCUT2D eigenvalue weighted by atomic mass is 31.3. The monoisotopic (exact) mass is 589 g/mol. The van der Waals surface area contributed by atoms with Gasteiger partial charge in [0.15, 0.2) is 12.5 Å². The second-order valence-corrected chi connectivity index (χ2v) is 10.8. The van der Waals surface area contributed by atoms with Gasteiger partial charge in [0.1, 0.15) is 24.4 Å². The highest BCUT2D eigenvalue weighted by Crippen LogP contribution is 2.57. The molecule has 2 aliphatic heterocycles. The highest BCUT2D eigenvalue weighted by molar-refractivity contribution is 7.59. The number of azide groups is 1. The first-order valence-electron chi connectivity index (χ1n) is 10.4. The summed E-state index contributed by atoms with van der Waals surface area (Å²) in [5.74, 6) is 0. The number of phosphoric acid groups is 2. The first-order valence-corrected chi connectivity index (χ1v) is 13.3. The third-order valence-corrected chi connectivity index (χ3v) is 7.86. The number of nitrogens with one attached hydrogen (secondary N) is 1. The van der Waals surface area contributed by atoms with Gasteiger partial charge < -0.3 is 49.3 Å². The van der Waals surface area contributed by atoms with Crippen molar-refractivity contribution in [3.8, 4) is 0 Å². The van der Waals surface area contributed by atoms with Gasteiger partial charge in [-0.2, -0.15) is 0 Å². The molecule has 6 N–H and O–H groups in total. The van der Waals surface area contributed by atoms with Crippen LogP contribution < -0.4 is 21.0 Å². The number of aliphatic hydroxyl groups excluding tert-OH is 5. The quantitative estimate of drug-likeness (QED) is 0.0645. The lowest BCUT2D eigenvalue weighted by Crippen LogP contribution is -2.58. The SMILES string of the molecule is [N-]=[N+]=N[C@H]1[C@H](O)[C@@H](O)[C@@H](OP(=O)([O-])OP(=O)([O-])OC[C@H]2O[C@@H](n3ccc(=O)[nH]c3=O)[C@H](O)[C@@H]2O)O[C@@H]1CO. The van der Waals surface area contributed by atoms with E-state index in [2.05, 4.69) is 23.4 Å². The molecule has 38 heavy (non-hydrogen) atoms. The Morgan fingerprint density at radius 3 is 2.37 bits per heavy atom. The molecule has 11 atom stereocenters. The van der Waals surface area contributed by atoms with Crippen molar-refractivity contribution in [3.05, 3.63) is 43.5 Å². The average Bonchev–Trinajstić information content (AvgIpc) is 3.10. The first-order chi connectivity index (χ1) is 17.7. The smallest absolute Gasteiger partial charge is 0.330 e. The molecule has 0 aromatic carbocycles.